The summed E-state index contributed by atoms with van der Waals surface area (Å²) in [6.07, 6.45) is 0.896. The number of thiocarbonyl (C=S) groups is 1. The zero-order valence-electron chi connectivity index (χ0n) is 33.0. The number of imide groups is 1. The van der Waals surface area contributed by atoms with Gasteiger partial charge in [-0.3, -0.25) is 39.2 Å². The van der Waals surface area contributed by atoms with Crippen molar-refractivity contribution in [1.29, 1.82) is 5.26 Å². The van der Waals surface area contributed by atoms with Gasteiger partial charge in [-0.05, 0) is 81.7 Å². The Labute approximate surface area is 352 Å². The number of nitrogens with one attached hydrogen (secondary N) is 3. The molecular weight excluding hydrogens is 826 g/mol. The Bertz CT molecular complexity index is 1930. The molecule has 0 radical (unpaired) electrons. The SMILES string of the molecule is CC1(C)C(=O)N(c2ccc(C#N)c(C(F)(F)F)c2)C(=S)N1C1CCCCC1.FC(F)F.O=C1CCC(Nc2cc(F)cc(NC(=O)CN3CCN(CCO)CC3)c2)C(=O)N1.[HH].[HH].[HH]. The van der Waals surface area contributed by atoms with Gasteiger partial charge in [-0.1, -0.05) is 19.3 Å². The minimum atomic E-state index is -4.69. The largest absolute Gasteiger partial charge is 0.417 e. The highest BCUT2D eigenvalue weighted by atomic mass is 32.1. The molecule has 4 aliphatic rings. The van der Waals surface area contributed by atoms with E-state index in [9.17, 15) is 49.9 Å². The van der Waals surface area contributed by atoms with Gasteiger partial charge in [-0.25, -0.2) is 4.39 Å². The molecule has 6 rings (SSSR count). The second kappa shape index (κ2) is 21.1. The Kier molecular flexibility index (Phi) is 16.8. The number of nitrogens with zero attached hydrogens (tertiary/aromatic N) is 5. The maximum absolute atomic E-state index is 14.0. The van der Waals surface area contributed by atoms with Crippen molar-refractivity contribution in [2.75, 3.05) is 61.4 Å². The molecule has 3 aliphatic heterocycles. The van der Waals surface area contributed by atoms with Gasteiger partial charge < -0.3 is 20.6 Å². The molecule has 2 aromatic carbocycles. The molecule has 4 amide bonds. The summed E-state index contributed by atoms with van der Waals surface area (Å²) in [6.45, 7) is 3.80. The first-order valence-corrected chi connectivity index (χ1v) is 19.6. The van der Waals surface area contributed by atoms with Gasteiger partial charge >= 0.3 is 12.9 Å². The molecule has 2 aromatic rings. The summed E-state index contributed by atoms with van der Waals surface area (Å²) in [5, 5.41) is 26.0. The number of carbonyl (C=O) groups excluding carboxylic acids is 4. The van der Waals surface area contributed by atoms with Crippen LogP contribution < -0.4 is 20.9 Å². The molecule has 3 heterocycles. The minimum absolute atomic E-state index is 0. The van der Waals surface area contributed by atoms with Gasteiger partial charge in [0, 0.05) is 60.8 Å². The maximum Gasteiger partial charge on any atom is 0.417 e. The average molecular weight is 879 g/mol. The molecule has 1 saturated carbocycles. The fourth-order valence-corrected chi connectivity index (χ4v) is 8.05. The normalized spacial score (nSPS) is 20.1. The number of hydrogen-bond donors (Lipinski definition) is 4. The third kappa shape index (κ3) is 12.8. The molecule has 3 saturated heterocycles. The van der Waals surface area contributed by atoms with Crippen LogP contribution in [0.15, 0.2) is 36.4 Å². The Morgan fingerprint density at radius 1 is 1.00 bits per heavy atom. The number of piperazine rings is 1. The first-order chi connectivity index (χ1) is 28.2. The van der Waals surface area contributed by atoms with E-state index < -0.39 is 47.3 Å². The van der Waals surface area contributed by atoms with E-state index in [1.807, 2.05) is 9.80 Å². The first kappa shape index (κ1) is 47.8. The Hall–Kier alpha value is -4.91. The minimum Gasteiger partial charge on any atom is -0.395 e. The van der Waals surface area contributed by atoms with Crippen molar-refractivity contribution in [2.24, 2.45) is 0 Å². The highest BCUT2D eigenvalue weighted by molar-refractivity contribution is 7.80. The molecule has 334 valence electrons. The highest BCUT2D eigenvalue weighted by Crippen LogP contribution is 2.40. The quantitative estimate of drug-likeness (QED) is 0.130. The Balaban J connectivity index is 0.000000557. The molecule has 0 bridgehead atoms. The number of β-amino-alcohol motifs (C(OH)–C–C–N with tert-alkyl or cyclic N) is 1. The maximum atomic E-state index is 14.0. The third-order valence-electron chi connectivity index (χ3n) is 10.4. The predicted octanol–water partition coefficient (Wildman–Crippen LogP) is 6.13. The van der Waals surface area contributed by atoms with Gasteiger partial charge in [-0.2, -0.15) is 31.6 Å². The predicted molar refractivity (Wildman–Crippen MR) is 217 cm³/mol. The summed E-state index contributed by atoms with van der Waals surface area (Å²) in [5.41, 5.74) is -1.77. The van der Waals surface area contributed by atoms with Crippen LogP contribution in [0.2, 0.25) is 0 Å². The van der Waals surface area contributed by atoms with Crippen molar-refractivity contribution in [3.05, 3.63) is 53.3 Å². The van der Waals surface area contributed by atoms with E-state index in [1.54, 1.807) is 26.0 Å². The summed E-state index contributed by atoms with van der Waals surface area (Å²) in [6, 6.07) is 8.31. The van der Waals surface area contributed by atoms with E-state index >= 15 is 0 Å². The van der Waals surface area contributed by atoms with Crippen LogP contribution in [0.4, 0.5) is 47.8 Å². The lowest BCUT2D eigenvalue weighted by atomic mass is 9.91. The van der Waals surface area contributed by atoms with E-state index in [1.165, 1.54) is 23.1 Å². The second-order valence-electron chi connectivity index (χ2n) is 15.0. The number of hydrogen-bond acceptors (Lipinski definition) is 10. The lowest BCUT2D eigenvalue weighted by Gasteiger charge is -2.39. The van der Waals surface area contributed by atoms with E-state index in [4.69, 9.17) is 22.6 Å². The molecule has 4 N–H and O–H groups in total. The number of aliphatic hydroxyl groups excluding tert-OH is 1. The molecule has 21 heteroatoms. The van der Waals surface area contributed by atoms with Gasteiger partial charge in [0.25, 0.3) is 5.91 Å². The molecule has 13 nitrogen and oxygen atoms in total. The van der Waals surface area contributed by atoms with Crippen LogP contribution in [0.3, 0.4) is 0 Å². The van der Waals surface area contributed by atoms with Crippen molar-refractivity contribution in [3.8, 4) is 6.07 Å². The lowest BCUT2D eigenvalue weighted by molar-refractivity contribution is -0.138. The summed E-state index contributed by atoms with van der Waals surface area (Å²) in [5.74, 6) is -1.92. The molecule has 1 atom stereocenters. The zero-order valence-corrected chi connectivity index (χ0v) is 33.8. The third-order valence-corrected chi connectivity index (χ3v) is 10.7. The van der Waals surface area contributed by atoms with E-state index in [0.29, 0.717) is 24.3 Å². The van der Waals surface area contributed by atoms with E-state index in [0.717, 1.165) is 70.4 Å². The number of carbonyl (C=O) groups is 4. The first-order valence-electron chi connectivity index (χ1n) is 19.2. The summed E-state index contributed by atoms with van der Waals surface area (Å²) in [4.78, 5) is 55.7. The van der Waals surface area contributed by atoms with Gasteiger partial charge in [0.15, 0.2) is 5.11 Å². The molecule has 0 aromatic heterocycles. The summed E-state index contributed by atoms with van der Waals surface area (Å²) in [7, 11) is 0. The number of nitriles is 1. The number of benzene rings is 2. The van der Waals surface area contributed by atoms with Crippen LogP contribution in [0, 0.1) is 17.1 Å². The monoisotopic (exact) mass is 878 g/mol. The van der Waals surface area contributed by atoms with Gasteiger partial charge in [0.1, 0.15) is 17.4 Å². The van der Waals surface area contributed by atoms with Crippen molar-refractivity contribution < 1.29 is 59.3 Å². The number of amides is 4. The molecule has 1 aliphatic carbocycles. The fourth-order valence-electron chi connectivity index (χ4n) is 7.49. The van der Waals surface area contributed by atoms with Crippen molar-refractivity contribution >= 4 is 58.0 Å². The lowest BCUT2D eigenvalue weighted by Crippen LogP contribution is -2.50. The molecule has 1 unspecified atom stereocenters. The van der Waals surface area contributed by atoms with E-state index in [-0.39, 0.29) is 58.4 Å². The smallest absolute Gasteiger partial charge is 0.395 e. The van der Waals surface area contributed by atoms with Crippen LogP contribution >= 0.6 is 12.2 Å². The Morgan fingerprint density at radius 3 is 2.20 bits per heavy atom. The number of halogens is 7. The van der Waals surface area contributed by atoms with Crippen LogP contribution in [-0.2, 0) is 25.4 Å². The van der Waals surface area contributed by atoms with Crippen molar-refractivity contribution in [2.45, 2.75) is 89.3 Å². The van der Waals surface area contributed by atoms with Crippen LogP contribution in [-0.4, -0.2) is 119 Å². The number of anilines is 3. The zero-order chi connectivity index (χ0) is 44.4. The summed E-state index contributed by atoms with van der Waals surface area (Å²) < 4.78 is 82.9. The van der Waals surface area contributed by atoms with Gasteiger partial charge in [0.2, 0.25) is 17.7 Å². The van der Waals surface area contributed by atoms with E-state index in [2.05, 4.69) is 20.9 Å². The molecule has 4 fully saturated rings. The average Bonchev–Trinajstić information content (AvgIpc) is 3.35. The van der Waals surface area contributed by atoms with Crippen LogP contribution in [0.1, 0.15) is 74.2 Å². The number of rotatable bonds is 9. The molecular formula is C39H53F7N8O5S. The van der Waals surface area contributed by atoms with Gasteiger partial charge in [-0.15, -0.1) is 0 Å². The standard InChI is InChI=1S/C19H20F3N3OS.C19H26FN5O4.CHF3.3H2/c1-18(2)16(26)24(17(27)25(18)13-6-4-3-5-7-13)14-9-8-12(11-23)15(10-14)19(20,21)22;20-13-9-14(21-16-1-2-17(27)23-19(16)29)11-15(10-13)22-18(28)12-25-5-3-24(4-6-25)7-8-26;2-1(3)4;;;/h8-10,13H,3-7H2,1-2H3;9-11,16,21,26H,1-8,12H2,(H,22,28)(H,23,27,29);1H;3*1H. The number of piperidine rings is 1. The topological polar surface area (TPSA) is 161 Å². The van der Waals surface area contributed by atoms with Crippen LogP contribution in [0.25, 0.3) is 0 Å². The second-order valence-corrected chi connectivity index (χ2v) is 15.4. The number of aliphatic hydroxyl groups is 1. The fraction of sp³-hybridized carbons (Fsp3) is 0.538. The summed E-state index contributed by atoms with van der Waals surface area (Å²) >= 11 is 5.53. The van der Waals surface area contributed by atoms with Gasteiger partial charge in [0.05, 0.1) is 36.0 Å². The van der Waals surface area contributed by atoms with Crippen molar-refractivity contribution in [3.63, 3.8) is 0 Å². The number of alkyl halides is 6. The molecule has 60 heavy (non-hydrogen) atoms. The van der Waals surface area contributed by atoms with Crippen LogP contribution in [0.5, 0.6) is 0 Å². The van der Waals surface area contributed by atoms with Crippen molar-refractivity contribution in [1.82, 2.24) is 20.0 Å². The molecule has 0 spiro atoms. The highest BCUT2D eigenvalue weighted by Gasteiger charge is 2.52. The Morgan fingerprint density at radius 2 is 1.62 bits per heavy atom.